The molecule has 13 nitrogen and oxygen atoms in total. The van der Waals surface area contributed by atoms with Crippen molar-refractivity contribution < 1.29 is 42.9 Å². The van der Waals surface area contributed by atoms with Crippen LogP contribution in [0.1, 0.15) is 33.7 Å². The second-order valence-corrected chi connectivity index (χ2v) is 7.39. The minimum atomic E-state index is -1.44. The minimum Gasteiger partial charge on any atom is -0.463 e. The summed E-state index contributed by atoms with van der Waals surface area (Å²) in [5.41, 5.74) is 0.930. The van der Waals surface area contributed by atoms with Crippen LogP contribution in [0.15, 0.2) is 30.6 Å². The number of carbonyl (C=O) groups excluding carboxylic acids is 4. The Morgan fingerprint density at radius 3 is 2.18 bits per heavy atom. The molecule has 3 rings (SSSR count). The van der Waals surface area contributed by atoms with Gasteiger partial charge in [0.25, 0.3) is 0 Å². The number of nitrogens with zero attached hydrogens (tertiary/aromatic N) is 4. The van der Waals surface area contributed by atoms with Crippen LogP contribution in [0.5, 0.6) is 0 Å². The molecule has 0 aliphatic carbocycles. The predicted octanol–water partition coefficient (Wildman–Crippen LogP) is 0.596. The third-order valence-corrected chi connectivity index (χ3v) is 4.70. The molecule has 2 aromatic rings. The summed E-state index contributed by atoms with van der Waals surface area (Å²) in [7, 11) is 0. The summed E-state index contributed by atoms with van der Waals surface area (Å²) in [6, 6.07) is 4.26. The lowest BCUT2D eigenvalue weighted by Gasteiger charge is -2.44. The lowest BCUT2D eigenvalue weighted by molar-refractivity contribution is -0.285. The maximum absolute atomic E-state index is 12.0. The number of carbonyl (C=O) groups is 4. The van der Waals surface area contributed by atoms with Crippen molar-refractivity contribution in [2.75, 3.05) is 6.61 Å². The lowest BCUT2D eigenvalue weighted by atomic mass is 9.95. The van der Waals surface area contributed by atoms with E-state index in [9.17, 15) is 19.2 Å². The zero-order valence-corrected chi connectivity index (χ0v) is 18.9. The minimum absolute atomic E-state index is 0.304. The average molecular weight is 476 g/mol. The first-order chi connectivity index (χ1) is 16.2. The normalized spacial score (nSPS) is 24.1. The summed E-state index contributed by atoms with van der Waals surface area (Å²) >= 11 is 0. The van der Waals surface area contributed by atoms with Crippen LogP contribution in [-0.2, 0) is 42.9 Å². The highest BCUT2D eigenvalue weighted by molar-refractivity contribution is 5.68. The molecule has 13 heteroatoms. The molecule has 0 spiro atoms. The molecule has 5 atom stereocenters. The van der Waals surface area contributed by atoms with Gasteiger partial charge in [-0.05, 0) is 12.1 Å². The fourth-order valence-electron chi connectivity index (χ4n) is 3.50. The molecule has 0 bridgehead atoms. The molecule has 0 N–H and O–H groups in total. The average Bonchev–Trinajstić information content (AvgIpc) is 3.24. The predicted molar refractivity (Wildman–Crippen MR) is 110 cm³/mol. The van der Waals surface area contributed by atoms with Crippen LogP contribution in [0.25, 0.3) is 11.4 Å². The largest absolute Gasteiger partial charge is 0.463 e. The van der Waals surface area contributed by atoms with E-state index in [1.54, 1.807) is 24.4 Å². The topological polar surface area (TPSA) is 158 Å². The van der Waals surface area contributed by atoms with Crippen LogP contribution >= 0.6 is 0 Å². The molecule has 1 fully saturated rings. The first-order valence-corrected chi connectivity index (χ1v) is 10.3. The second-order valence-electron chi connectivity index (χ2n) is 7.39. The Morgan fingerprint density at radius 1 is 0.912 bits per heavy atom. The van der Waals surface area contributed by atoms with Gasteiger partial charge in [0.1, 0.15) is 24.4 Å². The number of rotatable bonds is 7. The molecule has 1 saturated heterocycles. The third-order valence-electron chi connectivity index (χ3n) is 4.70. The van der Waals surface area contributed by atoms with E-state index in [1.165, 1.54) is 24.7 Å². The van der Waals surface area contributed by atoms with Gasteiger partial charge in [0.05, 0.1) is 11.9 Å². The van der Waals surface area contributed by atoms with E-state index in [4.69, 9.17) is 23.7 Å². The van der Waals surface area contributed by atoms with Crippen LogP contribution in [0.4, 0.5) is 0 Å². The van der Waals surface area contributed by atoms with Gasteiger partial charge in [-0.25, -0.2) is 4.68 Å². The van der Waals surface area contributed by atoms with Crippen molar-refractivity contribution in [1.29, 1.82) is 0 Å². The molecule has 3 heterocycles. The summed E-state index contributed by atoms with van der Waals surface area (Å²) in [4.78, 5) is 51.2. The van der Waals surface area contributed by atoms with Crippen molar-refractivity contribution in [2.45, 2.75) is 58.3 Å². The molecule has 0 saturated carbocycles. The van der Waals surface area contributed by atoms with Crippen molar-refractivity contribution in [2.24, 2.45) is 0 Å². The van der Waals surface area contributed by atoms with Gasteiger partial charge in [0.2, 0.25) is 12.4 Å². The Labute approximate surface area is 194 Å². The van der Waals surface area contributed by atoms with Crippen LogP contribution in [0, 0.1) is 0 Å². The molecule has 1 aliphatic rings. The highest BCUT2D eigenvalue weighted by atomic mass is 16.7. The van der Waals surface area contributed by atoms with E-state index in [0.29, 0.717) is 11.4 Å². The molecule has 0 radical (unpaired) electrons. The smallest absolute Gasteiger partial charge is 0.305 e. The molecular formula is C21H24N4O9. The van der Waals surface area contributed by atoms with Gasteiger partial charge in [0, 0.05) is 33.9 Å². The molecular weight excluding hydrogens is 452 g/mol. The van der Waals surface area contributed by atoms with Gasteiger partial charge in [0.15, 0.2) is 6.10 Å². The van der Waals surface area contributed by atoms with Crippen molar-refractivity contribution in [3.63, 3.8) is 0 Å². The summed E-state index contributed by atoms with van der Waals surface area (Å²) in [6.07, 6.45) is -1.93. The van der Waals surface area contributed by atoms with Crippen molar-refractivity contribution in [3.8, 4) is 11.4 Å². The van der Waals surface area contributed by atoms with E-state index < -0.39 is 54.5 Å². The Bertz CT molecular complexity index is 1040. The summed E-state index contributed by atoms with van der Waals surface area (Å²) < 4.78 is 28.3. The Balaban J connectivity index is 2.06. The first kappa shape index (κ1) is 24.8. The molecule has 34 heavy (non-hydrogen) atoms. The molecule has 0 aromatic carbocycles. The van der Waals surface area contributed by atoms with Gasteiger partial charge in [-0.1, -0.05) is 11.3 Å². The number of esters is 4. The Morgan fingerprint density at radius 2 is 1.59 bits per heavy atom. The van der Waals surface area contributed by atoms with E-state index in [-0.39, 0.29) is 6.61 Å². The first-order valence-electron chi connectivity index (χ1n) is 10.3. The molecule has 2 aromatic heterocycles. The number of ether oxygens (including phenoxy) is 5. The summed E-state index contributed by atoms with van der Waals surface area (Å²) in [5.74, 6) is -2.75. The standard InChI is InChI=1S/C21H24N4O9/c1-11(26)30-10-17-18(25-9-16(23-24-25)15-7-5-6-8-22-15)19(31-12(2)27)20(32-13(3)28)21(34-17)33-14(4)29/h5-9,17-21H,10H2,1-4H3/t17-,18-,19+,20-,21+/m1/s1. The van der Waals surface area contributed by atoms with E-state index in [0.717, 1.165) is 13.8 Å². The van der Waals surface area contributed by atoms with Crippen LogP contribution < -0.4 is 0 Å². The van der Waals surface area contributed by atoms with Gasteiger partial charge in [-0.2, -0.15) is 0 Å². The third kappa shape index (κ3) is 6.13. The quantitative estimate of drug-likeness (QED) is 0.405. The second kappa shape index (κ2) is 10.8. The lowest BCUT2D eigenvalue weighted by Crippen LogP contribution is -2.59. The maximum Gasteiger partial charge on any atom is 0.305 e. The Hall–Kier alpha value is -3.87. The van der Waals surface area contributed by atoms with Gasteiger partial charge < -0.3 is 23.7 Å². The van der Waals surface area contributed by atoms with Gasteiger partial charge >= 0.3 is 23.9 Å². The maximum atomic E-state index is 12.0. The fourth-order valence-corrected chi connectivity index (χ4v) is 3.50. The van der Waals surface area contributed by atoms with Gasteiger partial charge in [-0.3, -0.25) is 24.2 Å². The van der Waals surface area contributed by atoms with Crippen molar-refractivity contribution >= 4 is 23.9 Å². The van der Waals surface area contributed by atoms with Crippen LogP contribution in [0.3, 0.4) is 0 Å². The van der Waals surface area contributed by atoms with Gasteiger partial charge in [-0.15, -0.1) is 5.10 Å². The number of hydrogen-bond donors (Lipinski definition) is 0. The molecule has 1 aliphatic heterocycles. The van der Waals surface area contributed by atoms with E-state index in [2.05, 4.69) is 15.3 Å². The molecule has 0 amide bonds. The zero-order chi connectivity index (χ0) is 24.8. The monoisotopic (exact) mass is 476 g/mol. The van der Waals surface area contributed by atoms with E-state index >= 15 is 0 Å². The van der Waals surface area contributed by atoms with Crippen LogP contribution in [-0.4, -0.2) is 75.1 Å². The highest BCUT2D eigenvalue weighted by Crippen LogP contribution is 2.35. The van der Waals surface area contributed by atoms with E-state index in [1.807, 2.05) is 0 Å². The fraction of sp³-hybridized carbons (Fsp3) is 0.476. The molecule has 182 valence electrons. The zero-order valence-electron chi connectivity index (χ0n) is 18.9. The number of pyridine rings is 1. The number of hydrogen-bond acceptors (Lipinski definition) is 12. The summed E-state index contributed by atoms with van der Waals surface area (Å²) in [5, 5.41) is 8.23. The van der Waals surface area contributed by atoms with Crippen molar-refractivity contribution in [3.05, 3.63) is 30.6 Å². The Kier molecular flexibility index (Phi) is 7.89. The van der Waals surface area contributed by atoms with Crippen LogP contribution in [0.2, 0.25) is 0 Å². The molecule has 0 unspecified atom stereocenters. The SMILES string of the molecule is CC(=O)OC[C@H]1O[C@H](OC(C)=O)[C@H](OC(C)=O)[C@@H](OC(C)=O)[C@@H]1n1cc(-c2ccccn2)nn1. The highest BCUT2D eigenvalue weighted by Gasteiger charge is 2.53. The summed E-state index contributed by atoms with van der Waals surface area (Å²) in [6.45, 7) is 4.35. The van der Waals surface area contributed by atoms with Crippen molar-refractivity contribution in [1.82, 2.24) is 20.0 Å². The number of aromatic nitrogens is 4.